The minimum Gasteiger partial charge on any atom is -0.356 e. The molecule has 2 saturated heterocycles. The Kier molecular flexibility index (Phi) is 7.25. The van der Waals surface area contributed by atoms with Gasteiger partial charge in [-0.3, -0.25) is 4.79 Å². The molecule has 5 rings (SSSR count). The van der Waals surface area contributed by atoms with Crippen LogP contribution in [0.5, 0.6) is 0 Å². The summed E-state index contributed by atoms with van der Waals surface area (Å²) in [6.45, 7) is 5.90. The van der Waals surface area contributed by atoms with Crippen molar-refractivity contribution in [1.29, 1.82) is 0 Å². The topological polar surface area (TPSA) is 78.7 Å². The normalized spacial score (nSPS) is 17.9. The van der Waals surface area contributed by atoms with Crippen LogP contribution in [0.15, 0.2) is 36.4 Å². The standard InChI is InChI=1S/C25H32ClN7O/c26-21-7-5-19(6-8-21)24-29-28-22-9-10-23(30-33(22)24)32-17-11-20(12-18-32)25(34)27-13-4-16-31-14-2-1-3-15-31/h5-10,20H,1-4,11-18H2,(H,27,34). The van der Waals surface area contributed by atoms with Gasteiger partial charge in [-0.2, -0.15) is 4.52 Å². The second-order valence-corrected chi connectivity index (χ2v) is 9.74. The number of carbonyl (C=O) groups is 1. The Hall–Kier alpha value is -2.71. The molecule has 0 unspecified atom stereocenters. The highest BCUT2D eigenvalue weighted by molar-refractivity contribution is 6.30. The molecule has 8 nitrogen and oxygen atoms in total. The van der Waals surface area contributed by atoms with E-state index in [1.807, 2.05) is 36.4 Å². The summed E-state index contributed by atoms with van der Waals surface area (Å²) in [7, 11) is 0. The second-order valence-electron chi connectivity index (χ2n) is 9.30. The van der Waals surface area contributed by atoms with Gasteiger partial charge in [0, 0.05) is 36.1 Å². The van der Waals surface area contributed by atoms with Gasteiger partial charge in [0.05, 0.1) is 0 Å². The number of rotatable bonds is 7. The summed E-state index contributed by atoms with van der Waals surface area (Å²) in [6.07, 6.45) is 6.69. The van der Waals surface area contributed by atoms with Crippen molar-refractivity contribution in [3.63, 3.8) is 0 Å². The van der Waals surface area contributed by atoms with Gasteiger partial charge in [0.25, 0.3) is 0 Å². The van der Waals surface area contributed by atoms with Crippen molar-refractivity contribution in [2.45, 2.75) is 38.5 Å². The molecule has 1 aromatic carbocycles. The molecule has 34 heavy (non-hydrogen) atoms. The number of halogens is 1. The van der Waals surface area contributed by atoms with Gasteiger partial charge < -0.3 is 15.1 Å². The van der Waals surface area contributed by atoms with Crippen LogP contribution in [0.1, 0.15) is 38.5 Å². The molecule has 2 fully saturated rings. The maximum atomic E-state index is 12.7. The minimum absolute atomic E-state index is 0.0782. The van der Waals surface area contributed by atoms with E-state index < -0.39 is 0 Å². The van der Waals surface area contributed by atoms with Crippen LogP contribution in [0, 0.1) is 5.92 Å². The largest absolute Gasteiger partial charge is 0.356 e. The Balaban J connectivity index is 1.14. The molecule has 0 radical (unpaired) electrons. The van der Waals surface area contributed by atoms with Crippen LogP contribution < -0.4 is 10.2 Å². The number of hydrogen-bond acceptors (Lipinski definition) is 6. The SMILES string of the molecule is O=C(NCCCN1CCCCC1)C1CCN(c2ccc3nnc(-c4ccc(Cl)cc4)n3n2)CC1. The zero-order chi connectivity index (χ0) is 23.3. The first-order valence-electron chi connectivity index (χ1n) is 12.4. The predicted molar refractivity (Wildman–Crippen MR) is 134 cm³/mol. The van der Waals surface area contributed by atoms with Crippen LogP contribution in [-0.2, 0) is 4.79 Å². The lowest BCUT2D eigenvalue weighted by Gasteiger charge is -2.32. The Bertz CT molecular complexity index is 1100. The number of piperidine rings is 2. The van der Waals surface area contributed by atoms with Gasteiger partial charge in [0.15, 0.2) is 11.5 Å². The summed E-state index contributed by atoms with van der Waals surface area (Å²) < 4.78 is 1.78. The molecule has 2 aliphatic rings. The van der Waals surface area contributed by atoms with Crippen molar-refractivity contribution in [1.82, 2.24) is 30.0 Å². The van der Waals surface area contributed by atoms with Crippen molar-refractivity contribution in [2.75, 3.05) is 44.2 Å². The van der Waals surface area contributed by atoms with Gasteiger partial charge in [-0.05, 0) is 88.1 Å². The fourth-order valence-corrected chi connectivity index (χ4v) is 5.07. The molecule has 9 heteroatoms. The van der Waals surface area contributed by atoms with E-state index in [1.54, 1.807) is 4.52 Å². The van der Waals surface area contributed by atoms with Gasteiger partial charge in [0.1, 0.15) is 5.82 Å². The van der Waals surface area contributed by atoms with Gasteiger partial charge in [-0.15, -0.1) is 15.3 Å². The molecular weight excluding hydrogens is 450 g/mol. The third-order valence-corrected chi connectivity index (χ3v) is 7.19. The number of fused-ring (bicyclic) bond motifs is 1. The van der Waals surface area contributed by atoms with Gasteiger partial charge in [-0.25, -0.2) is 0 Å². The van der Waals surface area contributed by atoms with E-state index in [0.717, 1.165) is 56.8 Å². The number of nitrogens with one attached hydrogen (secondary N) is 1. The van der Waals surface area contributed by atoms with Crippen molar-refractivity contribution >= 4 is 29.0 Å². The van der Waals surface area contributed by atoms with Crippen LogP contribution >= 0.6 is 11.6 Å². The van der Waals surface area contributed by atoms with E-state index >= 15 is 0 Å². The van der Waals surface area contributed by atoms with E-state index in [4.69, 9.17) is 16.7 Å². The van der Waals surface area contributed by atoms with Crippen LogP contribution in [0.4, 0.5) is 5.82 Å². The number of anilines is 1. The van der Waals surface area contributed by atoms with Gasteiger partial charge in [-0.1, -0.05) is 18.0 Å². The first-order chi connectivity index (χ1) is 16.7. The fraction of sp³-hybridized carbons (Fsp3) is 0.520. The quantitative estimate of drug-likeness (QED) is 0.519. The Morgan fingerprint density at radius 3 is 2.50 bits per heavy atom. The smallest absolute Gasteiger partial charge is 0.223 e. The third kappa shape index (κ3) is 5.33. The Morgan fingerprint density at radius 2 is 1.74 bits per heavy atom. The number of benzene rings is 1. The molecule has 0 spiro atoms. The zero-order valence-electron chi connectivity index (χ0n) is 19.5. The van der Waals surface area contributed by atoms with Crippen molar-refractivity contribution in [3.05, 3.63) is 41.4 Å². The molecule has 1 N–H and O–H groups in total. The molecule has 180 valence electrons. The Labute approximate surface area is 205 Å². The number of likely N-dealkylation sites (tertiary alicyclic amines) is 1. The first kappa shape index (κ1) is 23.1. The lowest BCUT2D eigenvalue weighted by molar-refractivity contribution is -0.125. The number of amides is 1. The van der Waals surface area contributed by atoms with Crippen molar-refractivity contribution < 1.29 is 4.79 Å². The molecule has 0 atom stereocenters. The molecule has 4 heterocycles. The van der Waals surface area contributed by atoms with E-state index in [9.17, 15) is 4.79 Å². The van der Waals surface area contributed by atoms with Gasteiger partial charge >= 0.3 is 0 Å². The van der Waals surface area contributed by atoms with E-state index in [0.29, 0.717) is 16.5 Å². The number of nitrogens with zero attached hydrogens (tertiary/aromatic N) is 6. The number of carbonyl (C=O) groups excluding carboxylic acids is 1. The van der Waals surface area contributed by atoms with E-state index in [2.05, 4.69) is 25.3 Å². The average molecular weight is 482 g/mol. The summed E-state index contributed by atoms with van der Waals surface area (Å²) in [5, 5.41) is 17.2. The lowest BCUT2D eigenvalue weighted by atomic mass is 9.96. The summed E-state index contributed by atoms with van der Waals surface area (Å²) in [5.41, 5.74) is 1.62. The Morgan fingerprint density at radius 1 is 0.971 bits per heavy atom. The highest BCUT2D eigenvalue weighted by Crippen LogP contribution is 2.24. The molecule has 2 aliphatic heterocycles. The van der Waals surface area contributed by atoms with Crippen LogP contribution in [0.3, 0.4) is 0 Å². The molecule has 0 bridgehead atoms. The molecule has 2 aromatic heterocycles. The fourth-order valence-electron chi connectivity index (χ4n) is 4.94. The van der Waals surface area contributed by atoms with Crippen LogP contribution in [0.2, 0.25) is 5.02 Å². The second kappa shape index (κ2) is 10.7. The van der Waals surface area contributed by atoms with E-state index in [-0.39, 0.29) is 11.8 Å². The van der Waals surface area contributed by atoms with E-state index in [1.165, 1.54) is 32.4 Å². The summed E-state index contributed by atoms with van der Waals surface area (Å²) in [4.78, 5) is 17.4. The molecule has 1 amide bonds. The first-order valence-corrected chi connectivity index (χ1v) is 12.8. The minimum atomic E-state index is 0.0782. The maximum Gasteiger partial charge on any atom is 0.223 e. The molecule has 0 saturated carbocycles. The van der Waals surface area contributed by atoms with Crippen LogP contribution in [0.25, 0.3) is 17.0 Å². The van der Waals surface area contributed by atoms with Crippen molar-refractivity contribution in [3.8, 4) is 11.4 Å². The van der Waals surface area contributed by atoms with Gasteiger partial charge in [0.2, 0.25) is 5.91 Å². The molecule has 3 aromatic rings. The predicted octanol–water partition coefficient (Wildman–Crippen LogP) is 3.65. The summed E-state index contributed by atoms with van der Waals surface area (Å²) >= 11 is 6.02. The van der Waals surface area contributed by atoms with Crippen LogP contribution in [-0.4, -0.2) is 69.9 Å². The molecular formula is C25H32ClN7O. The summed E-state index contributed by atoms with van der Waals surface area (Å²) in [6, 6.07) is 11.4. The monoisotopic (exact) mass is 481 g/mol. The maximum absolute atomic E-state index is 12.7. The number of aromatic nitrogens is 4. The third-order valence-electron chi connectivity index (χ3n) is 6.94. The average Bonchev–Trinajstić information content (AvgIpc) is 3.31. The van der Waals surface area contributed by atoms with Crippen molar-refractivity contribution in [2.24, 2.45) is 5.92 Å². The highest BCUT2D eigenvalue weighted by atomic mass is 35.5. The highest BCUT2D eigenvalue weighted by Gasteiger charge is 2.26. The molecule has 0 aliphatic carbocycles. The number of hydrogen-bond donors (Lipinski definition) is 1. The lowest BCUT2D eigenvalue weighted by Crippen LogP contribution is -2.41. The zero-order valence-corrected chi connectivity index (χ0v) is 20.3. The summed E-state index contributed by atoms with van der Waals surface area (Å²) in [5.74, 6) is 1.84.